The second-order valence-corrected chi connectivity index (χ2v) is 10.3. The molecule has 1 atom stereocenters. The Hall–Kier alpha value is -0.130. The molecule has 2 N–H and O–H groups in total. The molecule has 0 aromatic heterocycles. The molecule has 0 aliphatic carbocycles. The van der Waals surface area contributed by atoms with Gasteiger partial charge in [-0.2, -0.15) is 8.42 Å². The van der Waals surface area contributed by atoms with E-state index in [1.54, 1.807) is 0 Å². The summed E-state index contributed by atoms with van der Waals surface area (Å²) in [7, 11) is -4.42. The van der Waals surface area contributed by atoms with Crippen molar-refractivity contribution in [2.24, 2.45) is 0 Å². The predicted molar refractivity (Wildman–Crippen MR) is 120 cm³/mol. The molecule has 0 saturated carbocycles. The smallest absolute Gasteiger partial charge is 0.294 e. The van der Waals surface area contributed by atoms with Gasteiger partial charge in [0.25, 0.3) is 10.1 Å². The van der Waals surface area contributed by atoms with Gasteiger partial charge in [-0.25, -0.2) is 0 Å². The molecular formula is C23H48O4S. The van der Waals surface area contributed by atoms with Gasteiger partial charge in [-0.3, -0.25) is 4.55 Å². The van der Waals surface area contributed by atoms with Gasteiger partial charge in [-0.05, 0) is 25.7 Å². The Balaban J connectivity index is 3.74. The fourth-order valence-corrected chi connectivity index (χ4v) is 4.61. The Labute approximate surface area is 175 Å². The van der Waals surface area contributed by atoms with E-state index in [-0.39, 0.29) is 12.8 Å². The fourth-order valence-electron chi connectivity index (χ4n) is 3.81. The van der Waals surface area contributed by atoms with Crippen LogP contribution in [-0.4, -0.2) is 23.0 Å². The Bertz CT molecular complexity index is 436. The first kappa shape index (κ1) is 27.9. The molecule has 28 heavy (non-hydrogen) atoms. The quantitative estimate of drug-likeness (QED) is 0.150. The van der Waals surface area contributed by atoms with E-state index < -0.39 is 15.1 Å². The second-order valence-electron chi connectivity index (χ2n) is 8.58. The number of aliphatic hydroxyl groups is 1. The minimum absolute atomic E-state index is 0.147. The zero-order valence-corrected chi connectivity index (χ0v) is 19.6. The number of hydrogen-bond acceptors (Lipinski definition) is 3. The van der Waals surface area contributed by atoms with E-state index >= 15 is 0 Å². The van der Waals surface area contributed by atoms with E-state index in [4.69, 9.17) is 0 Å². The van der Waals surface area contributed by atoms with Crippen LogP contribution < -0.4 is 0 Å². The van der Waals surface area contributed by atoms with Gasteiger partial charge in [0.2, 0.25) is 0 Å². The number of unbranched alkanes of at least 4 members (excludes halogenated alkanes) is 16. The second kappa shape index (κ2) is 17.7. The summed E-state index contributed by atoms with van der Waals surface area (Å²) >= 11 is 0. The van der Waals surface area contributed by atoms with Crippen molar-refractivity contribution in [1.82, 2.24) is 0 Å². The lowest BCUT2D eigenvalue weighted by atomic mass is 10.0. The largest absolute Gasteiger partial charge is 0.372 e. The van der Waals surface area contributed by atoms with E-state index in [2.05, 4.69) is 13.8 Å². The maximum absolute atomic E-state index is 11.6. The van der Waals surface area contributed by atoms with Crippen LogP contribution >= 0.6 is 0 Å². The van der Waals surface area contributed by atoms with E-state index in [0.717, 1.165) is 38.5 Å². The third-order valence-electron chi connectivity index (χ3n) is 5.82. The minimum atomic E-state index is -4.42. The molecule has 0 aliphatic heterocycles. The van der Waals surface area contributed by atoms with Crippen molar-refractivity contribution < 1.29 is 18.1 Å². The highest BCUT2D eigenvalue weighted by atomic mass is 32.2. The molecule has 0 aromatic carbocycles. The van der Waals surface area contributed by atoms with Crippen LogP contribution in [0, 0.1) is 0 Å². The maximum Gasteiger partial charge on any atom is 0.294 e. The molecule has 0 rings (SSSR count). The first-order valence-corrected chi connectivity index (χ1v) is 13.5. The standard InChI is InChI=1S/C23H48O4S/c1-3-5-7-9-10-11-12-13-14-15-16-18-20-22-23(24,28(25,26)27)21-19-17-8-6-4-2/h24H,3-22H2,1-2H3,(H,25,26,27). The summed E-state index contributed by atoms with van der Waals surface area (Å²) in [4.78, 5) is -1.95. The highest BCUT2D eigenvalue weighted by Crippen LogP contribution is 2.28. The van der Waals surface area contributed by atoms with Gasteiger partial charge in [-0.15, -0.1) is 0 Å². The molecule has 0 radical (unpaired) electrons. The molecule has 0 aliphatic rings. The number of hydrogen-bond donors (Lipinski definition) is 2. The van der Waals surface area contributed by atoms with Gasteiger partial charge < -0.3 is 5.11 Å². The van der Waals surface area contributed by atoms with E-state index in [1.807, 2.05) is 0 Å². The maximum atomic E-state index is 11.6. The topological polar surface area (TPSA) is 74.6 Å². The predicted octanol–water partition coefficient (Wildman–Crippen LogP) is 7.40. The summed E-state index contributed by atoms with van der Waals surface area (Å²) in [6, 6.07) is 0. The van der Waals surface area contributed by atoms with Crippen molar-refractivity contribution in [3.05, 3.63) is 0 Å². The third kappa shape index (κ3) is 14.8. The lowest BCUT2D eigenvalue weighted by molar-refractivity contribution is 0.0884. The average molecular weight is 421 g/mol. The molecule has 0 spiro atoms. The molecule has 0 fully saturated rings. The van der Waals surface area contributed by atoms with Crippen LogP contribution in [0.4, 0.5) is 0 Å². The Morgan fingerprint density at radius 3 is 1.04 bits per heavy atom. The first-order chi connectivity index (χ1) is 13.4. The molecule has 4 nitrogen and oxygen atoms in total. The minimum Gasteiger partial charge on any atom is -0.372 e. The highest BCUT2D eigenvalue weighted by molar-refractivity contribution is 7.87. The molecule has 0 aromatic rings. The Morgan fingerprint density at radius 1 is 0.536 bits per heavy atom. The van der Waals surface area contributed by atoms with E-state index in [9.17, 15) is 18.1 Å². The Morgan fingerprint density at radius 2 is 0.786 bits per heavy atom. The van der Waals surface area contributed by atoms with Gasteiger partial charge in [0.05, 0.1) is 0 Å². The molecule has 1 unspecified atom stereocenters. The van der Waals surface area contributed by atoms with Gasteiger partial charge in [0.15, 0.2) is 4.93 Å². The Kier molecular flexibility index (Phi) is 17.6. The van der Waals surface area contributed by atoms with Crippen molar-refractivity contribution in [2.75, 3.05) is 0 Å². The summed E-state index contributed by atoms with van der Waals surface area (Å²) in [6.45, 7) is 4.38. The molecule has 0 amide bonds. The van der Waals surface area contributed by atoms with Crippen molar-refractivity contribution in [3.8, 4) is 0 Å². The summed E-state index contributed by atoms with van der Waals surface area (Å²) in [6.07, 6.45) is 21.0. The van der Waals surface area contributed by atoms with Gasteiger partial charge in [0, 0.05) is 0 Å². The first-order valence-electron chi connectivity index (χ1n) is 12.1. The van der Waals surface area contributed by atoms with Crippen LogP contribution in [0.25, 0.3) is 0 Å². The van der Waals surface area contributed by atoms with Crippen LogP contribution in [0.5, 0.6) is 0 Å². The SMILES string of the molecule is CCCCCCCCCCCCCCCC(O)(CCCCCCC)S(=O)(=O)O. The van der Waals surface area contributed by atoms with Crippen molar-refractivity contribution in [3.63, 3.8) is 0 Å². The van der Waals surface area contributed by atoms with E-state index in [0.29, 0.717) is 12.8 Å². The lowest BCUT2D eigenvalue weighted by Crippen LogP contribution is -2.38. The van der Waals surface area contributed by atoms with Gasteiger partial charge in [0.1, 0.15) is 0 Å². The highest BCUT2D eigenvalue weighted by Gasteiger charge is 2.39. The zero-order valence-electron chi connectivity index (χ0n) is 18.8. The summed E-state index contributed by atoms with van der Waals surface area (Å²) < 4.78 is 32.7. The van der Waals surface area contributed by atoms with Crippen LogP contribution in [0.2, 0.25) is 0 Å². The van der Waals surface area contributed by atoms with Crippen LogP contribution in [0.1, 0.15) is 142 Å². The van der Waals surface area contributed by atoms with Gasteiger partial charge in [-0.1, -0.05) is 117 Å². The van der Waals surface area contributed by atoms with Crippen LogP contribution in [-0.2, 0) is 10.1 Å². The molecule has 170 valence electrons. The average Bonchev–Trinajstić information content (AvgIpc) is 2.64. The molecular weight excluding hydrogens is 372 g/mol. The van der Waals surface area contributed by atoms with Crippen LogP contribution in [0.3, 0.4) is 0 Å². The van der Waals surface area contributed by atoms with Crippen LogP contribution in [0.15, 0.2) is 0 Å². The third-order valence-corrected chi connectivity index (χ3v) is 7.19. The van der Waals surface area contributed by atoms with Crippen molar-refractivity contribution >= 4 is 10.1 Å². The summed E-state index contributed by atoms with van der Waals surface area (Å²) in [5.41, 5.74) is 0. The van der Waals surface area contributed by atoms with Gasteiger partial charge >= 0.3 is 0 Å². The lowest BCUT2D eigenvalue weighted by Gasteiger charge is -2.24. The molecule has 0 bridgehead atoms. The summed E-state index contributed by atoms with van der Waals surface area (Å²) in [5, 5.41) is 10.4. The zero-order chi connectivity index (χ0) is 21.1. The summed E-state index contributed by atoms with van der Waals surface area (Å²) in [5.74, 6) is 0. The normalized spacial score (nSPS) is 14.3. The molecule has 0 saturated heterocycles. The molecule has 0 heterocycles. The fraction of sp³-hybridized carbons (Fsp3) is 1.00. The monoisotopic (exact) mass is 420 g/mol. The van der Waals surface area contributed by atoms with E-state index in [1.165, 1.54) is 64.2 Å². The van der Waals surface area contributed by atoms with Crippen molar-refractivity contribution in [1.29, 1.82) is 0 Å². The molecule has 5 heteroatoms. The number of rotatable bonds is 21. The van der Waals surface area contributed by atoms with Crippen molar-refractivity contribution in [2.45, 2.75) is 147 Å².